The number of nitrogens with two attached hydrogens (primary N) is 1. The number of nitrogens with zero attached hydrogens (tertiary/aromatic N) is 4. The summed E-state index contributed by atoms with van der Waals surface area (Å²) in [5.74, 6) is 0.559. The molecule has 5 nitrogen and oxygen atoms in total. The van der Waals surface area contributed by atoms with Crippen molar-refractivity contribution in [3.63, 3.8) is 0 Å². The molecule has 0 aliphatic rings. The zero-order chi connectivity index (χ0) is 13.2. The highest BCUT2D eigenvalue weighted by Crippen LogP contribution is 2.31. The number of hydrogen-bond acceptors (Lipinski definition) is 4. The van der Waals surface area contributed by atoms with Crippen molar-refractivity contribution in [2.24, 2.45) is 0 Å². The maximum absolute atomic E-state index is 6.21. The van der Waals surface area contributed by atoms with E-state index in [-0.39, 0.29) is 0 Å². The van der Waals surface area contributed by atoms with Gasteiger partial charge in [0.25, 0.3) is 0 Å². The molecule has 0 unspecified atom stereocenters. The second kappa shape index (κ2) is 4.70. The van der Waals surface area contributed by atoms with Gasteiger partial charge in [-0.05, 0) is 34.7 Å². The van der Waals surface area contributed by atoms with Crippen LogP contribution in [0.1, 0.15) is 0 Å². The maximum Gasteiger partial charge on any atom is 0.188 e. The van der Waals surface area contributed by atoms with Crippen LogP contribution in [0.15, 0.2) is 48.5 Å². The molecule has 0 radical (unpaired) electrons. The molecule has 0 saturated carbocycles. The van der Waals surface area contributed by atoms with Gasteiger partial charge in [-0.25, -0.2) is 0 Å². The van der Waals surface area contributed by atoms with Crippen LogP contribution >= 0.6 is 11.6 Å². The Morgan fingerprint density at radius 3 is 2.58 bits per heavy atom. The lowest BCUT2D eigenvalue weighted by Crippen LogP contribution is -2.00. The Bertz CT molecular complexity index is 708. The van der Waals surface area contributed by atoms with Crippen molar-refractivity contribution < 1.29 is 0 Å². The Balaban J connectivity index is 2.18. The summed E-state index contributed by atoms with van der Waals surface area (Å²) >= 11 is 6.21. The van der Waals surface area contributed by atoms with Crippen molar-refractivity contribution in [3.8, 4) is 17.1 Å². The molecule has 0 fully saturated rings. The number of tetrazole rings is 1. The molecule has 3 aromatic rings. The van der Waals surface area contributed by atoms with Gasteiger partial charge >= 0.3 is 0 Å². The topological polar surface area (TPSA) is 69.6 Å². The first-order valence-corrected chi connectivity index (χ1v) is 6.03. The molecule has 0 bridgehead atoms. The van der Waals surface area contributed by atoms with Gasteiger partial charge in [-0.1, -0.05) is 35.9 Å². The van der Waals surface area contributed by atoms with Crippen LogP contribution in [0.3, 0.4) is 0 Å². The third-order valence-electron chi connectivity index (χ3n) is 2.74. The van der Waals surface area contributed by atoms with Gasteiger partial charge in [0.2, 0.25) is 0 Å². The highest BCUT2D eigenvalue weighted by Gasteiger charge is 2.14. The maximum atomic E-state index is 6.21. The predicted molar refractivity (Wildman–Crippen MR) is 74.0 cm³/mol. The van der Waals surface area contributed by atoms with E-state index < -0.39 is 0 Å². The Hall–Kier alpha value is -2.40. The summed E-state index contributed by atoms with van der Waals surface area (Å²) < 4.78 is 1.63. The van der Waals surface area contributed by atoms with Gasteiger partial charge in [-0.15, -0.1) is 5.10 Å². The molecule has 1 aromatic heterocycles. The van der Waals surface area contributed by atoms with Crippen molar-refractivity contribution in [3.05, 3.63) is 53.6 Å². The van der Waals surface area contributed by atoms with Crippen LogP contribution in [0.4, 0.5) is 5.69 Å². The summed E-state index contributed by atoms with van der Waals surface area (Å²) in [4.78, 5) is 0. The number of aromatic nitrogens is 4. The largest absolute Gasteiger partial charge is 0.398 e. The second-order valence-corrected chi connectivity index (χ2v) is 4.34. The first kappa shape index (κ1) is 11.7. The highest BCUT2D eigenvalue weighted by atomic mass is 35.5. The van der Waals surface area contributed by atoms with E-state index in [1.807, 2.05) is 42.5 Å². The Kier molecular flexibility index (Phi) is 2.89. The smallest absolute Gasteiger partial charge is 0.188 e. The quantitative estimate of drug-likeness (QED) is 0.727. The standard InChI is InChI=1S/C13H10ClN5/c14-12-10(7-4-8-11(12)15)13-16-17-18-19(13)9-5-2-1-3-6-9/h1-8H,15H2. The first-order chi connectivity index (χ1) is 9.27. The van der Waals surface area contributed by atoms with Gasteiger partial charge in [0, 0.05) is 5.56 Å². The summed E-state index contributed by atoms with van der Waals surface area (Å²) in [5.41, 5.74) is 7.87. The molecular formula is C13H10ClN5. The van der Waals surface area contributed by atoms with E-state index in [2.05, 4.69) is 15.5 Å². The molecule has 0 amide bonds. The molecule has 2 aromatic carbocycles. The number of para-hydroxylation sites is 1. The van der Waals surface area contributed by atoms with Crippen molar-refractivity contribution in [1.29, 1.82) is 0 Å². The number of nitrogen functional groups attached to an aromatic ring is 1. The molecule has 0 aliphatic carbocycles. The summed E-state index contributed by atoms with van der Waals surface area (Å²) in [6.45, 7) is 0. The van der Waals surface area contributed by atoms with E-state index >= 15 is 0 Å². The molecule has 0 saturated heterocycles. The summed E-state index contributed by atoms with van der Waals surface area (Å²) in [7, 11) is 0. The molecule has 0 spiro atoms. The Labute approximate surface area is 114 Å². The molecule has 94 valence electrons. The molecule has 19 heavy (non-hydrogen) atoms. The van der Waals surface area contributed by atoms with Gasteiger partial charge in [-0.3, -0.25) is 0 Å². The van der Waals surface area contributed by atoms with Crippen LogP contribution in [0, 0.1) is 0 Å². The predicted octanol–water partition coefficient (Wildman–Crippen LogP) is 2.56. The Morgan fingerprint density at radius 1 is 1.00 bits per heavy atom. The molecular weight excluding hydrogens is 262 g/mol. The van der Waals surface area contributed by atoms with Crippen molar-refractivity contribution >= 4 is 17.3 Å². The monoisotopic (exact) mass is 271 g/mol. The number of halogens is 1. The minimum absolute atomic E-state index is 0.453. The lowest BCUT2D eigenvalue weighted by atomic mass is 10.2. The molecule has 0 aliphatic heterocycles. The van der Waals surface area contributed by atoms with Gasteiger partial charge in [0.15, 0.2) is 5.82 Å². The van der Waals surface area contributed by atoms with Crippen molar-refractivity contribution in [2.45, 2.75) is 0 Å². The summed E-state index contributed by atoms with van der Waals surface area (Å²) in [5, 5.41) is 12.2. The number of anilines is 1. The fourth-order valence-electron chi connectivity index (χ4n) is 1.82. The van der Waals surface area contributed by atoms with E-state index in [9.17, 15) is 0 Å². The SMILES string of the molecule is Nc1cccc(-c2nnnn2-c2ccccc2)c1Cl. The van der Waals surface area contributed by atoms with Gasteiger partial charge < -0.3 is 5.73 Å². The van der Waals surface area contributed by atoms with Gasteiger partial charge in [-0.2, -0.15) is 4.68 Å². The second-order valence-electron chi connectivity index (χ2n) is 3.96. The van der Waals surface area contributed by atoms with Crippen LogP contribution in [0.5, 0.6) is 0 Å². The highest BCUT2D eigenvalue weighted by molar-refractivity contribution is 6.35. The lowest BCUT2D eigenvalue weighted by Gasteiger charge is -2.07. The van der Waals surface area contributed by atoms with Gasteiger partial charge in [0.05, 0.1) is 16.4 Å². The molecule has 6 heteroatoms. The average Bonchev–Trinajstić information content (AvgIpc) is 2.92. The zero-order valence-corrected chi connectivity index (χ0v) is 10.6. The van der Waals surface area contributed by atoms with E-state index in [1.165, 1.54) is 0 Å². The van der Waals surface area contributed by atoms with E-state index in [4.69, 9.17) is 17.3 Å². The summed E-state index contributed by atoms with van der Waals surface area (Å²) in [6, 6.07) is 15.0. The van der Waals surface area contributed by atoms with Crippen LogP contribution in [-0.2, 0) is 0 Å². The number of benzene rings is 2. The van der Waals surface area contributed by atoms with Crippen LogP contribution < -0.4 is 5.73 Å². The lowest BCUT2D eigenvalue weighted by molar-refractivity contribution is 0.791. The molecule has 0 atom stereocenters. The zero-order valence-electron chi connectivity index (χ0n) is 9.86. The summed E-state index contributed by atoms with van der Waals surface area (Å²) in [6.07, 6.45) is 0. The van der Waals surface area contributed by atoms with Crippen LogP contribution in [0.25, 0.3) is 17.1 Å². The molecule has 1 heterocycles. The van der Waals surface area contributed by atoms with Crippen molar-refractivity contribution in [2.75, 3.05) is 5.73 Å². The van der Waals surface area contributed by atoms with Crippen LogP contribution in [0.2, 0.25) is 5.02 Å². The fourth-order valence-corrected chi connectivity index (χ4v) is 2.03. The number of hydrogen-bond donors (Lipinski definition) is 1. The van der Waals surface area contributed by atoms with Gasteiger partial charge in [0.1, 0.15) is 0 Å². The van der Waals surface area contributed by atoms with Crippen LogP contribution in [-0.4, -0.2) is 20.2 Å². The molecule has 2 N–H and O–H groups in total. The first-order valence-electron chi connectivity index (χ1n) is 5.65. The van der Waals surface area contributed by atoms with E-state index in [0.717, 1.165) is 5.69 Å². The van der Waals surface area contributed by atoms with Crippen molar-refractivity contribution in [1.82, 2.24) is 20.2 Å². The average molecular weight is 272 g/mol. The van der Waals surface area contributed by atoms with E-state index in [0.29, 0.717) is 22.1 Å². The number of rotatable bonds is 2. The normalized spacial score (nSPS) is 10.6. The minimum atomic E-state index is 0.453. The fraction of sp³-hybridized carbons (Fsp3) is 0. The van der Waals surface area contributed by atoms with E-state index in [1.54, 1.807) is 10.7 Å². The molecule has 3 rings (SSSR count). The third-order valence-corrected chi connectivity index (χ3v) is 3.16. The Morgan fingerprint density at radius 2 is 1.79 bits per heavy atom. The minimum Gasteiger partial charge on any atom is -0.398 e. The third kappa shape index (κ3) is 2.04.